The van der Waals surface area contributed by atoms with Gasteiger partial charge in [0, 0.05) is 17.8 Å². The Bertz CT molecular complexity index is 951. The van der Waals surface area contributed by atoms with Crippen LogP contribution < -0.4 is 16.0 Å². The van der Waals surface area contributed by atoms with Gasteiger partial charge in [-0.2, -0.15) is 13.2 Å². The Labute approximate surface area is 156 Å². The van der Waals surface area contributed by atoms with Crippen LogP contribution in [0.4, 0.5) is 29.3 Å². The molecule has 3 amide bonds. The number of halogens is 3. The fourth-order valence-electron chi connectivity index (χ4n) is 2.31. The van der Waals surface area contributed by atoms with Gasteiger partial charge in [0.05, 0.1) is 30.0 Å². The van der Waals surface area contributed by atoms with Gasteiger partial charge in [-0.3, -0.25) is 4.79 Å². The van der Waals surface area contributed by atoms with Crippen LogP contribution >= 0.6 is 0 Å². The SMILES string of the molecule is O=C(NCc1ccoc1)Nc1ccc(NC(=O)c2ccco2)cc1C(F)(F)F. The molecule has 3 rings (SSSR count). The molecule has 0 spiro atoms. The molecule has 0 unspecified atom stereocenters. The van der Waals surface area contributed by atoms with Crippen molar-refractivity contribution in [2.24, 2.45) is 0 Å². The number of hydrogen-bond acceptors (Lipinski definition) is 4. The molecule has 146 valence electrons. The number of rotatable bonds is 5. The molecule has 2 aromatic heterocycles. The van der Waals surface area contributed by atoms with E-state index in [1.54, 1.807) is 6.07 Å². The van der Waals surface area contributed by atoms with E-state index in [0.29, 0.717) is 5.56 Å². The van der Waals surface area contributed by atoms with Crippen LogP contribution in [-0.4, -0.2) is 11.9 Å². The normalized spacial score (nSPS) is 11.1. The second-order valence-corrected chi connectivity index (χ2v) is 5.63. The molecule has 0 radical (unpaired) electrons. The van der Waals surface area contributed by atoms with E-state index < -0.39 is 29.4 Å². The Balaban J connectivity index is 1.73. The van der Waals surface area contributed by atoms with Crippen LogP contribution in [0.1, 0.15) is 21.7 Å². The number of carbonyl (C=O) groups excluding carboxylic acids is 2. The highest BCUT2D eigenvalue weighted by Gasteiger charge is 2.34. The number of carbonyl (C=O) groups is 2. The van der Waals surface area contributed by atoms with Gasteiger partial charge in [-0.05, 0) is 36.4 Å². The molecule has 2 heterocycles. The first kappa shape index (κ1) is 19.1. The Morgan fingerprint density at radius 1 is 1.04 bits per heavy atom. The number of amides is 3. The van der Waals surface area contributed by atoms with E-state index in [1.165, 1.54) is 37.0 Å². The van der Waals surface area contributed by atoms with Crippen molar-refractivity contribution in [3.8, 4) is 0 Å². The zero-order valence-electron chi connectivity index (χ0n) is 14.2. The first-order chi connectivity index (χ1) is 13.3. The van der Waals surface area contributed by atoms with Crippen LogP contribution in [-0.2, 0) is 12.7 Å². The molecule has 10 heteroatoms. The predicted octanol–water partition coefficient (Wildman–Crippen LogP) is 4.47. The Hall–Kier alpha value is -3.69. The quantitative estimate of drug-likeness (QED) is 0.596. The molecular formula is C18H14F3N3O4. The molecular weight excluding hydrogens is 379 g/mol. The fourth-order valence-corrected chi connectivity index (χ4v) is 2.31. The summed E-state index contributed by atoms with van der Waals surface area (Å²) in [5.41, 5.74) is -1.00. The number of alkyl halides is 3. The van der Waals surface area contributed by atoms with Gasteiger partial charge in [0.15, 0.2) is 5.76 Å². The molecule has 3 aromatic rings. The van der Waals surface area contributed by atoms with Crippen LogP contribution in [0.3, 0.4) is 0 Å². The van der Waals surface area contributed by atoms with E-state index in [2.05, 4.69) is 16.0 Å². The minimum atomic E-state index is -4.75. The zero-order chi connectivity index (χ0) is 20.1. The van der Waals surface area contributed by atoms with Crippen LogP contribution in [0.25, 0.3) is 0 Å². The van der Waals surface area contributed by atoms with Crippen LogP contribution in [0, 0.1) is 0 Å². The van der Waals surface area contributed by atoms with Gasteiger partial charge < -0.3 is 24.8 Å². The van der Waals surface area contributed by atoms with E-state index in [-0.39, 0.29) is 18.0 Å². The molecule has 3 N–H and O–H groups in total. The maximum atomic E-state index is 13.4. The van der Waals surface area contributed by atoms with Crippen molar-refractivity contribution < 1.29 is 31.6 Å². The average Bonchev–Trinajstić information content (AvgIpc) is 3.34. The molecule has 0 saturated heterocycles. The number of hydrogen-bond donors (Lipinski definition) is 3. The Morgan fingerprint density at radius 2 is 1.86 bits per heavy atom. The van der Waals surface area contributed by atoms with Crippen LogP contribution in [0.5, 0.6) is 0 Å². The van der Waals surface area contributed by atoms with Crippen molar-refractivity contribution in [1.29, 1.82) is 0 Å². The molecule has 0 saturated carbocycles. The largest absolute Gasteiger partial charge is 0.472 e. The summed E-state index contributed by atoms with van der Waals surface area (Å²) in [4.78, 5) is 23.8. The number of urea groups is 1. The van der Waals surface area contributed by atoms with Gasteiger partial charge in [-0.1, -0.05) is 0 Å². The van der Waals surface area contributed by atoms with E-state index >= 15 is 0 Å². The summed E-state index contributed by atoms with van der Waals surface area (Å²) in [6.07, 6.45) is -0.672. The first-order valence-corrected chi connectivity index (χ1v) is 7.95. The summed E-state index contributed by atoms with van der Waals surface area (Å²) in [6.45, 7) is 0.0843. The van der Waals surface area contributed by atoms with Gasteiger partial charge in [0.25, 0.3) is 5.91 Å². The Kier molecular flexibility index (Phi) is 5.39. The number of furan rings is 2. The molecule has 0 aliphatic heterocycles. The van der Waals surface area contributed by atoms with E-state index in [9.17, 15) is 22.8 Å². The number of benzene rings is 1. The second kappa shape index (κ2) is 7.91. The van der Waals surface area contributed by atoms with Crippen molar-refractivity contribution in [2.45, 2.75) is 12.7 Å². The van der Waals surface area contributed by atoms with Crippen LogP contribution in [0.2, 0.25) is 0 Å². The first-order valence-electron chi connectivity index (χ1n) is 7.95. The van der Waals surface area contributed by atoms with Gasteiger partial charge in [-0.15, -0.1) is 0 Å². The smallest absolute Gasteiger partial charge is 0.418 e. The fraction of sp³-hybridized carbons (Fsp3) is 0.111. The van der Waals surface area contributed by atoms with E-state index in [0.717, 1.165) is 12.1 Å². The standard InChI is InChI=1S/C18H14F3N3O4/c19-18(20,21)13-8-12(23-16(25)15-2-1-6-28-15)3-4-14(13)24-17(26)22-9-11-5-7-27-10-11/h1-8,10H,9H2,(H,23,25)(H2,22,24,26). The van der Waals surface area contributed by atoms with Crippen molar-refractivity contribution >= 4 is 23.3 Å². The molecule has 1 aromatic carbocycles. The van der Waals surface area contributed by atoms with Gasteiger partial charge in [0.2, 0.25) is 0 Å². The third-order valence-electron chi connectivity index (χ3n) is 3.61. The van der Waals surface area contributed by atoms with Gasteiger partial charge >= 0.3 is 12.2 Å². The molecule has 0 fully saturated rings. The van der Waals surface area contributed by atoms with Crippen molar-refractivity contribution in [3.63, 3.8) is 0 Å². The maximum absolute atomic E-state index is 13.4. The number of anilines is 2. The Morgan fingerprint density at radius 3 is 2.50 bits per heavy atom. The third kappa shape index (κ3) is 4.72. The predicted molar refractivity (Wildman–Crippen MR) is 92.7 cm³/mol. The maximum Gasteiger partial charge on any atom is 0.418 e. The van der Waals surface area contributed by atoms with E-state index in [4.69, 9.17) is 8.83 Å². The zero-order valence-corrected chi connectivity index (χ0v) is 14.2. The lowest BCUT2D eigenvalue weighted by Gasteiger charge is -2.16. The van der Waals surface area contributed by atoms with Gasteiger partial charge in [-0.25, -0.2) is 4.79 Å². The monoisotopic (exact) mass is 393 g/mol. The summed E-state index contributed by atoms with van der Waals surface area (Å²) in [7, 11) is 0. The van der Waals surface area contributed by atoms with Crippen LogP contribution in [0.15, 0.2) is 64.0 Å². The van der Waals surface area contributed by atoms with Crippen molar-refractivity contribution in [2.75, 3.05) is 10.6 Å². The van der Waals surface area contributed by atoms with Crippen molar-refractivity contribution in [1.82, 2.24) is 5.32 Å². The van der Waals surface area contributed by atoms with Gasteiger partial charge in [0.1, 0.15) is 0 Å². The minimum Gasteiger partial charge on any atom is -0.472 e. The second-order valence-electron chi connectivity index (χ2n) is 5.63. The summed E-state index contributed by atoms with van der Waals surface area (Å²) in [6, 6.07) is 6.66. The lowest BCUT2D eigenvalue weighted by molar-refractivity contribution is -0.136. The molecule has 0 aliphatic rings. The lowest BCUT2D eigenvalue weighted by Crippen LogP contribution is -2.29. The highest BCUT2D eigenvalue weighted by molar-refractivity contribution is 6.02. The molecule has 0 bridgehead atoms. The van der Waals surface area contributed by atoms with Crippen molar-refractivity contribution in [3.05, 3.63) is 72.1 Å². The third-order valence-corrected chi connectivity index (χ3v) is 3.61. The lowest BCUT2D eigenvalue weighted by atomic mass is 10.1. The van der Waals surface area contributed by atoms with E-state index in [1.807, 2.05) is 0 Å². The minimum absolute atomic E-state index is 0.0469. The average molecular weight is 393 g/mol. The summed E-state index contributed by atoms with van der Waals surface area (Å²) in [5, 5.41) is 6.88. The molecule has 28 heavy (non-hydrogen) atoms. The molecule has 0 aliphatic carbocycles. The summed E-state index contributed by atoms with van der Waals surface area (Å²) < 4.78 is 49.9. The summed E-state index contributed by atoms with van der Waals surface area (Å²) in [5.74, 6) is -0.744. The molecule has 0 atom stereocenters. The highest BCUT2D eigenvalue weighted by atomic mass is 19.4. The summed E-state index contributed by atoms with van der Waals surface area (Å²) >= 11 is 0. The number of nitrogens with one attached hydrogen (secondary N) is 3. The topological polar surface area (TPSA) is 96.5 Å². The highest BCUT2D eigenvalue weighted by Crippen LogP contribution is 2.36. The molecule has 7 nitrogen and oxygen atoms in total.